The smallest absolute Gasteiger partial charge is 0.335 e. The second kappa shape index (κ2) is 9.67. The van der Waals surface area contributed by atoms with E-state index in [9.17, 15) is 4.79 Å². The number of carbonyl (C=O) groups excluding carboxylic acids is 1. The summed E-state index contributed by atoms with van der Waals surface area (Å²) in [6.45, 7) is 1.75. The molecule has 0 spiro atoms. The van der Waals surface area contributed by atoms with Crippen LogP contribution >= 0.6 is 0 Å². The molecule has 24 heavy (non-hydrogen) atoms. The van der Waals surface area contributed by atoms with Crippen LogP contribution in [0.4, 0.5) is 4.79 Å². The fourth-order valence-corrected chi connectivity index (χ4v) is 2.49. The highest BCUT2D eigenvalue weighted by Crippen LogP contribution is 2.16. The van der Waals surface area contributed by atoms with E-state index in [4.69, 9.17) is 0 Å². The Kier molecular flexibility index (Phi) is 7.23. The third-order valence-corrected chi connectivity index (χ3v) is 3.76. The largest absolute Gasteiger partial charge is 0.337 e. The summed E-state index contributed by atoms with van der Waals surface area (Å²) in [6, 6.07) is 13.9. The van der Waals surface area contributed by atoms with E-state index in [2.05, 4.69) is 47.0 Å². The average Bonchev–Trinajstić information content (AvgIpc) is 2.58. The van der Waals surface area contributed by atoms with Crippen molar-refractivity contribution < 1.29 is 4.79 Å². The van der Waals surface area contributed by atoms with Crippen molar-refractivity contribution in [3.63, 3.8) is 0 Å². The van der Waals surface area contributed by atoms with Crippen molar-refractivity contribution in [1.29, 1.82) is 0 Å². The number of rotatable bonds is 8. The van der Waals surface area contributed by atoms with Crippen molar-refractivity contribution >= 4 is 23.0 Å². The number of nitrogens with one attached hydrogen (secondary N) is 2. The van der Waals surface area contributed by atoms with Gasteiger partial charge in [-0.05, 0) is 44.3 Å². The van der Waals surface area contributed by atoms with Crippen molar-refractivity contribution in [1.82, 2.24) is 15.6 Å². The Bertz CT molecular complexity index is 677. The van der Waals surface area contributed by atoms with Gasteiger partial charge in [-0.15, -0.1) is 0 Å². The third kappa shape index (κ3) is 6.01. The molecule has 5 heteroatoms. The van der Waals surface area contributed by atoms with E-state index in [1.165, 1.54) is 0 Å². The highest BCUT2D eigenvalue weighted by Gasteiger charge is 1.99. The molecule has 2 aromatic rings. The van der Waals surface area contributed by atoms with Gasteiger partial charge in [-0.3, -0.25) is 0 Å². The predicted octanol–water partition coefficient (Wildman–Crippen LogP) is 3.20. The molecule has 5 nitrogen and oxygen atoms in total. The molecular weight excluding hydrogens is 300 g/mol. The molecule has 2 aromatic carbocycles. The maximum atomic E-state index is 11.7. The SMILES string of the molecule is CN(C)CCCCCNC(=O)N/N=C\c1cccc2ccccc12. The Balaban J connectivity index is 1.72. The van der Waals surface area contributed by atoms with Crippen molar-refractivity contribution in [3.05, 3.63) is 48.0 Å². The van der Waals surface area contributed by atoms with Gasteiger partial charge < -0.3 is 10.2 Å². The van der Waals surface area contributed by atoms with Gasteiger partial charge in [0.1, 0.15) is 0 Å². The number of nitrogens with zero attached hydrogens (tertiary/aromatic N) is 2. The molecule has 0 aliphatic heterocycles. The molecule has 2 amide bonds. The molecule has 0 unspecified atom stereocenters. The van der Waals surface area contributed by atoms with Gasteiger partial charge in [-0.25, -0.2) is 10.2 Å². The molecular formula is C19H26N4O. The summed E-state index contributed by atoms with van der Waals surface area (Å²) >= 11 is 0. The van der Waals surface area contributed by atoms with Gasteiger partial charge in [-0.1, -0.05) is 48.9 Å². The number of carbonyl (C=O) groups is 1. The Morgan fingerprint density at radius 1 is 1.08 bits per heavy atom. The fourth-order valence-electron chi connectivity index (χ4n) is 2.49. The van der Waals surface area contributed by atoms with Gasteiger partial charge in [0.2, 0.25) is 0 Å². The van der Waals surface area contributed by atoms with Crippen LogP contribution in [0.25, 0.3) is 10.8 Å². The summed E-state index contributed by atoms with van der Waals surface area (Å²) in [6.07, 6.45) is 4.92. The number of hydrogen-bond acceptors (Lipinski definition) is 3. The number of hydrazone groups is 1. The van der Waals surface area contributed by atoms with Crippen LogP contribution in [0.5, 0.6) is 0 Å². The van der Waals surface area contributed by atoms with Crippen LogP contribution in [0.3, 0.4) is 0 Å². The summed E-state index contributed by atoms with van der Waals surface area (Å²) in [4.78, 5) is 13.9. The van der Waals surface area contributed by atoms with Crippen molar-refractivity contribution in [2.24, 2.45) is 5.10 Å². The molecule has 2 N–H and O–H groups in total. The Morgan fingerprint density at radius 3 is 2.71 bits per heavy atom. The molecule has 128 valence electrons. The predicted molar refractivity (Wildman–Crippen MR) is 100 cm³/mol. The number of unbranched alkanes of at least 4 members (excludes halogenated alkanes) is 2. The van der Waals surface area contributed by atoms with Crippen LogP contribution in [-0.4, -0.2) is 44.3 Å². The highest BCUT2D eigenvalue weighted by molar-refractivity contribution is 5.99. The van der Waals surface area contributed by atoms with Crippen molar-refractivity contribution in [2.75, 3.05) is 27.2 Å². The average molecular weight is 326 g/mol. The molecule has 0 fully saturated rings. The lowest BCUT2D eigenvalue weighted by atomic mass is 10.1. The molecule has 0 aromatic heterocycles. The van der Waals surface area contributed by atoms with Crippen LogP contribution in [0.2, 0.25) is 0 Å². The first-order valence-electron chi connectivity index (χ1n) is 8.36. The maximum absolute atomic E-state index is 11.7. The van der Waals surface area contributed by atoms with Crippen molar-refractivity contribution in [3.8, 4) is 0 Å². The van der Waals surface area contributed by atoms with Crippen LogP contribution in [-0.2, 0) is 0 Å². The summed E-state index contributed by atoms with van der Waals surface area (Å²) in [5, 5.41) is 9.13. The lowest BCUT2D eigenvalue weighted by Crippen LogP contribution is -2.33. The number of urea groups is 1. The van der Waals surface area contributed by atoms with E-state index >= 15 is 0 Å². The first kappa shape index (κ1) is 17.9. The van der Waals surface area contributed by atoms with E-state index in [1.54, 1.807) is 6.21 Å². The molecule has 0 radical (unpaired) electrons. The van der Waals surface area contributed by atoms with Gasteiger partial charge >= 0.3 is 6.03 Å². The minimum atomic E-state index is -0.265. The molecule has 0 aliphatic rings. The molecule has 2 rings (SSSR count). The molecule has 0 saturated heterocycles. The van der Waals surface area contributed by atoms with Gasteiger partial charge in [0.25, 0.3) is 0 Å². The molecule has 0 bridgehead atoms. The Labute approximate surface area is 143 Å². The zero-order valence-corrected chi connectivity index (χ0v) is 14.5. The summed E-state index contributed by atoms with van der Waals surface area (Å²) in [5.74, 6) is 0. The topological polar surface area (TPSA) is 56.7 Å². The van der Waals surface area contributed by atoms with E-state index in [-0.39, 0.29) is 6.03 Å². The maximum Gasteiger partial charge on any atom is 0.335 e. The van der Waals surface area contributed by atoms with Gasteiger partial charge in [0.05, 0.1) is 6.21 Å². The number of benzene rings is 2. The lowest BCUT2D eigenvalue weighted by Gasteiger charge is -2.09. The summed E-state index contributed by atoms with van der Waals surface area (Å²) < 4.78 is 0. The van der Waals surface area contributed by atoms with E-state index < -0.39 is 0 Å². The molecule has 0 saturated carbocycles. The number of hydrogen-bond donors (Lipinski definition) is 2. The molecule has 0 heterocycles. The Morgan fingerprint density at radius 2 is 1.88 bits per heavy atom. The second-order valence-electron chi connectivity index (χ2n) is 6.06. The number of fused-ring (bicyclic) bond motifs is 1. The van der Waals surface area contributed by atoms with E-state index in [0.29, 0.717) is 6.54 Å². The normalized spacial score (nSPS) is 11.3. The van der Waals surface area contributed by atoms with Gasteiger partial charge in [-0.2, -0.15) is 5.10 Å². The van der Waals surface area contributed by atoms with Crippen LogP contribution in [0.1, 0.15) is 24.8 Å². The van der Waals surface area contributed by atoms with Gasteiger partial charge in [0, 0.05) is 12.1 Å². The lowest BCUT2D eigenvalue weighted by molar-refractivity contribution is 0.241. The number of amides is 2. The molecule has 0 atom stereocenters. The monoisotopic (exact) mass is 326 g/mol. The first-order chi connectivity index (χ1) is 11.7. The quantitative estimate of drug-likeness (QED) is 0.445. The minimum absolute atomic E-state index is 0.265. The van der Waals surface area contributed by atoms with Crippen LogP contribution in [0.15, 0.2) is 47.6 Å². The standard InChI is InChI=1S/C19H26N4O/c1-23(2)14-7-3-6-13-20-19(24)22-21-15-17-11-8-10-16-9-4-5-12-18(16)17/h4-5,8-12,15H,3,6-7,13-14H2,1-2H3,(H2,20,22,24)/b21-15-. The van der Waals surface area contributed by atoms with E-state index in [1.807, 2.05) is 30.3 Å². The zero-order chi connectivity index (χ0) is 17.2. The third-order valence-electron chi connectivity index (χ3n) is 3.76. The fraction of sp³-hybridized carbons (Fsp3) is 0.368. The summed E-state index contributed by atoms with van der Waals surface area (Å²) in [7, 11) is 4.14. The van der Waals surface area contributed by atoms with Gasteiger partial charge in [0.15, 0.2) is 0 Å². The van der Waals surface area contributed by atoms with E-state index in [0.717, 1.165) is 42.1 Å². The zero-order valence-electron chi connectivity index (χ0n) is 14.5. The summed E-state index contributed by atoms with van der Waals surface area (Å²) in [5.41, 5.74) is 3.50. The van der Waals surface area contributed by atoms with Crippen molar-refractivity contribution in [2.45, 2.75) is 19.3 Å². The highest BCUT2D eigenvalue weighted by atomic mass is 16.2. The first-order valence-corrected chi connectivity index (χ1v) is 8.36. The Hall–Kier alpha value is -2.40. The molecule has 0 aliphatic carbocycles. The second-order valence-corrected chi connectivity index (χ2v) is 6.06. The van der Waals surface area contributed by atoms with Crippen LogP contribution < -0.4 is 10.7 Å². The minimum Gasteiger partial charge on any atom is -0.337 e. The van der Waals surface area contributed by atoms with Crippen LogP contribution in [0, 0.1) is 0 Å².